The molecular formula is C25H30F2N2OS2. The molecule has 1 N–H and O–H groups in total. The van der Waals surface area contributed by atoms with Gasteiger partial charge in [-0.05, 0) is 49.9 Å². The summed E-state index contributed by atoms with van der Waals surface area (Å²) in [7, 11) is -1.33. The Morgan fingerprint density at radius 2 is 1.69 bits per heavy atom. The number of rotatable bonds is 6. The summed E-state index contributed by atoms with van der Waals surface area (Å²) < 4.78 is 44.3. The van der Waals surface area contributed by atoms with Crippen LogP contribution in [-0.4, -0.2) is 13.9 Å². The van der Waals surface area contributed by atoms with Crippen molar-refractivity contribution < 1.29 is 13.0 Å². The first-order valence-corrected chi connectivity index (χ1v) is 12.5. The summed E-state index contributed by atoms with van der Waals surface area (Å²) in [5.74, 6) is -1.03. The number of benzene rings is 2. The predicted octanol–water partition coefficient (Wildman–Crippen LogP) is 6.82. The predicted molar refractivity (Wildman–Crippen MR) is 130 cm³/mol. The normalized spacial score (nSPS) is 14.4. The molecule has 1 aromatic heterocycles. The van der Waals surface area contributed by atoms with Crippen LogP contribution in [0.2, 0.25) is 0 Å². The van der Waals surface area contributed by atoms with Crippen molar-refractivity contribution >= 4 is 22.3 Å². The van der Waals surface area contributed by atoms with Crippen molar-refractivity contribution in [3.8, 4) is 10.6 Å². The molecule has 3 aromatic rings. The Balaban J connectivity index is 2.15. The second-order valence-electron chi connectivity index (χ2n) is 9.91. The highest BCUT2D eigenvalue weighted by atomic mass is 32.2. The van der Waals surface area contributed by atoms with Gasteiger partial charge in [0.05, 0.1) is 27.5 Å². The third-order valence-electron chi connectivity index (χ3n) is 5.01. The van der Waals surface area contributed by atoms with Gasteiger partial charge in [0.2, 0.25) is 0 Å². The fourth-order valence-electron chi connectivity index (χ4n) is 3.20. The molecule has 2 aromatic carbocycles. The second-order valence-corrected chi connectivity index (χ2v) is 13.0. The fraction of sp³-hybridized carbons (Fsp3) is 0.400. The van der Waals surface area contributed by atoms with Crippen molar-refractivity contribution in [1.82, 2.24) is 9.71 Å². The molecule has 0 fully saturated rings. The zero-order chi connectivity index (χ0) is 23.7. The number of hydrogen-bond donors (Lipinski definition) is 1. The van der Waals surface area contributed by atoms with Gasteiger partial charge in [0.15, 0.2) is 0 Å². The Labute approximate surface area is 195 Å². The first kappa shape index (κ1) is 24.7. The van der Waals surface area contributed by atoms with E-state index in [1.807, 2.05) is 51.1 Å². The van der Waals surface area contributed by atoms with E-state index >= 15 is 0 Å². The average Bonchev–Trinajstić information content (AvgIpc) is 3.09. The van der Waals surface area contributed by atoms with Gasteiger partial charge in [-0.3, -0.25) is 0 Å². The molecule has 7 heteroatoms. The number of halogens is 2. The van der Waals surface area contributed by atoms with Gasteiger partial charge in [0.25, 0.3) is 0 Å². The quantitative estimate of drug-likeness (QED) is 0.424. The Bertz CT molecular complexity index is 1100. The highest BCUT2D eigenvalue weighted by molar-refractivity contribution is 7.84. The lowest BCUT2D eigenvalue weighted by atomic mass is 9.84. The van der Waals surface area contributed by atoms with Crippen LogP contribution in [0.5, 0.6) is 0 Å². The number of nitrogens with zero attached hydrogens (tertiary/aromatic N) is 1. The van der Waals surface area contributed by atoms with Crippen molar-refractivity contribution in [1.29, 1.82) is 0 Å². The lowest BCUT2D eigenvalue weighted by Crippen LogP contribution is -2.41. The van der Waals surface area contributed by atoms with Gasteiger partial charge in [-0.1, -0.05) is 51.1 Å². The van der Waals surface area contributed by atoms with Crippen molar-refractivity contribution in [3.63, 3.8) is 0 Å². The summed E-state index contributed by atoms with van der Waals surface area (Å²) in [5.41, 5.74) is 1.63. The lowest BCUT2D eigenvalue weighted by Gasteiger charge is -2.33. The lowest BCUT2D eigenvalue weighted by molar-refractivity contribution is 0.301. The Morgan fingerprint density at radius 3 is 2.28 bits per heavy atom. The minimum Gasteiger partial charge on any atom is -0.242 e. The highest BCUT2D eigenvalue weighted by Crippen LogP contribution is 2.40. The topological polar surface area (TPSA) is 42.0 Å². The maximum atomic E-state index is 14.6. The number of hydrogen-bond acceptors (Lipinski definition) is 3. The van der Waals surface area contributed by atoms with Gasteiger partial charge in [-0.2, -0.15) is 0 Å². The molecule has 3 rings (SSSR count). The van der Waals surface area contributed by atoms with Gasteiger partial charge >= 0.3 is 0 Å². The minimum absolute atomic E-state index is 0.139. The van der Waals surface area contributed by atoms with Gasteiger partial charge < -0.3 is 0 Å². The van der Waals surface area contributed by atoms with Crippen molar-refractivity contribution in [3.05, 3.63) is 76.3 Å². The maximum absolute atomic E-state index is 14.6. The van der Waals surface area contributed by atoms with E-state index in [1.165, 1.54) is 17.4 Å². The molecule has 0 bridgehead atoms. The van der Waals surface area contributed by atoms with E-state index in [4.69, 9.17) is 4.98 Å². The molecule has 0 aliphatic carbocycles. The zero-order valence-electron chi connectivity index (χ0n) is 19.3. The van der Waals surface area contributed by atoms with Gasteiger partial charge in [-0.25, -0.2) is 22.7 Å². The fourth-order valence-corrected chi connectivity index (χ4v) is 5.38. The molecule has 3 nitrogen and oxygen atoms in total. The average molecular weight is 477 g/mol. The van der Waals surface area contributed by atoms with Gasteiger partial charge in [0.1, 0.15) is 16.6 Å². The summed E-state index contributed by atoms with van der Waals surface area (Å²) in [6, 6.07) is 13.0. The molecule has 0 saturated carbocycles. The minimum atomic E-state index is -1.33. The molecule has 0 aliphatic rings. The Hall–Kier alpha value is -1.96. The molecule has 0 radical (unpaired) electrons. The third-order valence-corrected chi connectivity index (χ3v) is 7.68. The van der Waals surface area contributed by atoms with Crippen LogP contribution in [0.25, 0.3) is 10.6 Å². The molecule has 0 amide bonds. The highest BCUT2D eigenvalue weighted by Gasteiger charge is 2.35. The molecule has 0 aliphatic heterocycles. The molecule has 0 saturated heterocycles. The first-order chi connectivity index (χ1) is 14.9. The number of nitrogens with one attached hydrogen (secondary N) is 1. The van der Waals surface area contributed by atoms with Gasteiger partial charge in [0, 0.05) is 16.9 Å². The Morgan fingerprint density at radius 1 is 1.03 bits per heavy atom. The summed E-state index contributed by atoms with van der Waals surface area (Å²) in [6.07, 6.45) is 0.598. The second kappa shape index (κ2) is 9.49. The van der Waals surface area contributed by atoms with E-state index in [0.717, 1.165) is 28.3 Å². The third kappa shape index (κ3) is 5.88. The molecule has 0 spiro atoms. The molecule has 32 heavy (non-hydrogen) atoms. The standard InChI is InChI=1S/C25H30F2N2OS2/c1-24(2,3)22(29-32(30)25(4,5)6)21-20(14-16-10-8-7-9-11-16)31-23(28-21)18-15-17(26)12-13-19(18)27/h7-13,15,22,29H,14H2,1-6H3/t22-,32+/m0/s1. The molecule has 2 atom stereocenters. The van der Waals surface area contributed by atoms with E-state index < -0.39 is 27.4 Å². The van der Waals surface area contributed by atoms with Crippen LogP contribution >= 0.6 is 11.3 Å². The van der Waals surface area contributed by atoms with Crippen LogP contribution in [0.15, 0.2) is 48.5 Å². The van der Waals surface area contributed by atoms with E-state index in [1.54, 1.807) is 0 Å². The van der Waals surface area contributed by atoms with E-state index in [-0.39, 0.29) is 17.0 Å². The van der Waals surface area contributed by atoms with Gasteiger partial charge in [-0.15, -0.1) is 11.3 Å². The number of aromatic nitrogens is 1. The van der Waals surface area contributed by atoms with E-state index in [0.29, 0.717) is 11.4 Å². The summed E-state index contributed by atoms with van der Waals surface area (Å²) in [5, 5.41) is 0.417. The molecule has 0 unspecified atom stereocenters. The van der Waals surface area contributed by atoms with Crippen LogP contribution < -0.4 is 4.72 Å². The van der Waals surface area contributed by atoms with Crippen LogP contribution in [0.4, 0.5) is 8.78 Å². The SMILES string of the molecule is CC(C)(C)[C@@H](N[S@](=O)C(C)(C)C)c1nc(-c2cc(F)ccc2F)sc1Cc1ccccc1. The van der Waals surface area contributed by atoms with Crippen molar-refractivity contribution in [2.45, 2.75) is 58.8 Å². The first-order valence-electron chi connectivity index (χ1n) is 10.5. The zero-order valence-corrected chi connectivity index (χ0v) is 21.0. The smallest absolute Gasteiger partial charge is 0.133 e. The largest absolute Gasteiger partial charge is 0.242 e. The summed E-state index contributed by atoms with van der Waals surface area (Å²) >= 11 is 1.35. The molecule has 172 valence electrons. The maximum Gasteiger partial charge on any atom is 0.133 e. The monoisotopic (exact) mass is 476 g/mol. The molecular weight excluding hydrogens is 446 g/mol. The summed E-state index contributed by atoms with van der Waals surface area (Å²) in [4.78, 5) is 5.73. The number of thiazole rings is 1. The van der Waals surface area contributed by atoms with E-state index in [2.05, 4.69) is 25.5 Å². The Kier molecular flexibility index (Phi) is 7.32. The summed E-state index contributed by atoms with van der Waals surface area (Å²) in [6.45, 7) is 11.9. The van der Waals surface area contributed by atoms with Crippen molar-refractivity contribution in [2.24, 2.45) is 5.41 Å². The van der Waals surface area contributed by atoms with Crippen LogP contribution in [-0.2, 0) is 17.4 Å². The molecule has 1 heterocycles. The van der Waals surface area contributed by atoms with E-state index in [9.17, 15) is 13.0 Å². The van der Waals surface area contributed by atoms with Crippen LogP contribution in [0.1, 0.15) is 63.7 Å². The van der Waals surface area contributed by atoms with Crippen molar-refractivity contribution in [2.75, 3.05) is 0 Å². The van der Waals surface area contributed by atoms with Crippen LogP contribution in [0, 0.1) is 17.0 Å². The van der Waals surface area contributed by atoms with Crippen LogP contribution in [0.3, 0.4) is 0 Å².